The molecule has 3 heteroatoms. The zero-order valence-corrected chi connectivity index (χ0v) is 12.7. The first-order valence-electron chi connectivity index (χ1n) is 7.37. The Bertz CT molecular complexity index is 420. The molecule has 3 nitrogen and oxygen atoms in total. The van der Waals surface area contributed by atoms with Gasteiger partial charge in [-0.25, -0.2) is 0 Å². The molecule has 1 aromatic carbocycles. The van der Waals surface area contributed by atoms with E-state index in [-0.39, 0.29) is 11.8 Å². The molecule has 112 valence electrons. The summed E-state index contributed by atoms with van der Waals surface area (Å²) in [5, 5.41) is 18.7. The molecule has 1 rings (SSSR count). The molecule has 0 amide bonds. The van der Waals surface area contributed by atoms with Crippen molar-refractivity contribution >= 4 is 5.97 Å². The number of rotatable bonds is 8. The zero-order chi connectivity index (χ0) is 15.2. The average Bonchev–Trinajstić information content (AvgIpc) is 2.43. The monoisotopic (exact) mass is 278 g/mol. The van der Waals surface area contributed by atoms with Crippen LogP contribution in [0.3, 0.4) is 0 Å². The molecule has 20 heavy (non-hydrogen) atoms. The number of aliphatic hydroxyl groups excluding tert-OH is 1. The number of benzene rings is 1. The lowest BCUT2D eigenvalue weighted by atomic mass is 9.82. The standard InChI is InChI=1S/C17H26O3/c1-4-17(2,3)14-11-9-13(10-12-14)15(18)7-5-6-8-16(19)20/h9-12,15,18H,4-8H2,1-3H3,(H,19,20). The summed E-state index contributed by atoms with van der Waals surface area (Å²) in [7, 11) is 0. The fourth-order valence-corrected chi connectivity index (χ4v) is 2.14. The van der Waals surface area contributed by atoms with Crippen molar-refractivity contribution in [1.29, 1.82) is 0 Å². The molecule has 1 atom stereocenters. The van der Waals surface area contributed by atoms with Crippen molar-refractivity contribution in [1.82, 2.24) is 0 Å². The Hall–Kier alpha value is -1.35. The van der Waals surface area contributed by atoms with Crippen LogP contribution in [0.15, 0.2) is 24.3 Å². The van der Waals surface area contributed by atoms with E-state index in [9.17, 15) is 9.90 Å². The summed E-state index contributed by atoms with van der Waals surface area (Å²) in [6.07, 6.45) is 2.72. The van der Waals surface area contributed by atoms with Crippen molar-refractivity contribution in [2.75, 3.05) is 0 Å². The third-order valence-corrected chi connectivity index (χ3v) is 4.08. The molecule has 0 aliphatic heterocycles. The number of aliphatic hydroxyl groups is 1. The predicted octanol–water partition coefficient (Wildman–Crippen LogP) is 4.05. The van der Waals surface area contributed by atoms with Crippen LogP contribution < -0.4 is 0 Å². The van der Waals surface area contributed by atoms with Crippen LogP contribution in [0.5, 0.6) is 0 Å². The molecule has 0 spiro atoms. The van der Waals surface area contributed by atoms with Crippen molar-refractivity contribution < 1.29 is 15.0 Å². The maximum Gasteiger partial charge on any atom is 0.303 e. The van der Waals surface area contributed by atoms with Gasteiger partial charge in [-0.1, -0.05) is 45.0 Å². The zero-order valence-electron chi connectivity index (χ0n) is 12.7. The Balaban J connectivity index is 2.53. The Morgan fingerprint density at radius 1 is 1.20 bits per heavy atom. The Morgan fingerprint density at radius 2 is 1.80 bits per heavy atom. The van der Waals surface area contributed by atoms with Crippen molar-refractivity contribution in [3.63, 3.8) is 0 Å². The molecule has 0 bridgehead atoms. The first-order valence-corrected chi connectivity index (χ1v) is 7.37. The third-order valence-electron chi connectivity index (χ3n) is 4.08. The van der Waals surface area contributed by atoms with E-state index in [1.165, 1.54) is 5.56 Å². The Morgan fingerprint density at radius 3 is 2.30 bits per heavy atom. The Kier molecular flexibility index (Phi) is 6.21. The quantitative estimate of drug-likeness (QED) is 0.705. The topological polar surface area (TPSA) is 57.5 Å². The number of carboxylic acid groups (broad SMARTS) is 1. The normalized spacial score (nSPS) is 13.2. The van der Waals surface area contributed by atoms with Gasteiger partial charge in [0.1, 0.15) is 0 Å². The van der Waals surface area contributed by atoms with Crippen LogP contribution in [0.4, 0.5) is 0 Å². The number of carboxylic acids is 1. The highest BCUT2D eigenvalue weighted by molar-refractivity contribution is 5.66. The lowest BCUT2D eigenvalue weighted by molar-refractivity contribution is -0.137. The first kappa shape index (κ1) is 16.7. The minimum atomic E-state index is -0.773. The fraction of sp³-hybridized carbons (Fsp3) is 0.588. The van der Waals surface area contributed by atoms with E-state index in [0.29, 0.717) is 12.8 Å². The molecule has 2 N–H and O–H groups in total. The summed E-state index contributed by atoms with van der Waals surface area (Å²) in [5.74, 6) is -0.773. The largest absolute Gasteiger partial charge is 0.481 e. The van der Waals surface area contributed by atoms with Crippen LogP contribution in [0.1, 0.15) is 70.1 Å². The summed E-state index contributed by atoms with van der Waals surface area (Å²) in [5.41, 5.74) is 2.35. The summed E-state index contributed by atoms with van der Waals surface area (Å²) in [4.78, 5) is 10.4. The highest BCUT2D eigenvalue weighted by Crippen LogP contribution is 2.28. The van der Waals surface area contributed by atoms with E-state index >= 15 is 0 Å². The molecule has 1 unspecified atom stereocenters. The van der Waals surface area contributed by atoms with Crippen LogP contribution in [-0.2, 0) is 10.2 Å². The maximum atomic E-state index is 10.4. The van der Waals surface area contributed by atoms with E-state index in [0.717, 1.165) is 18.4 Å². The highest BCUT2D eigenvalue weighted by Gasteiger charge is 2.18. The highest BCUT2D eigenvalue weighted by atomic mass is 16.4. The molecule has 0 saturated heterocycles. The van der Waals surface area contributed by atoms with Gasteiger partial charge >= 0.3 is 5.97 Å². The van der Waals surface area contributed by atoms with Crippen LogP contribution >= 0.6 is 0 Å². The maximum absolute atomic E-state index is 10.4. The van der Waals surface area contributed by atoms with E-state index in [2.05, 4.69) is 32.9 Å². The predicted molar refractivity (Wildman–Crippen MR) is 80.8 cm³/mol. The minimum absolute atomic E-state index is 0.158. The second-order valence-corrected chi connectivity index (χ2v) is 6.01. The number of carbonyl (C=O) groups is 1. The van der Waals surface area contributed by atoms with Gasteiger partial charge in [-0.3, -0.25) is 4.79 Å². The van der Waals surface area contributed by atoms with Gasteiger partial charge in [-0.15, -0.1) is 0 Å². The van der Waals surface area contributed by atoms with Crippen LogP contribution in [0, 0.1) is 0 Å². The van der Waals surface area contributed by atoms with Gasteiger partial charge < -0.3 is 10.2 Å². The molecule has 0 aliphatic carbocycles. The minimum Gasteiger partial charge on any atom is -0.481 e. The lowest BCUT2D eigenvalue weighted by Gasteiger charge is -2.24. The SMILES string of the molecule is CCC(C)(C)c1ccc(C(O)CCCCC(=O)O)cc1. The van der Waals surface area contributed by atoms with Gasteiger partial charge in [0, 0.05) is 6.42 Å². The van der Waals surface area contributed by atoms with Crippen LogP contribution in [-0.4, -0.2) is 16.2 Å². The summed E-state index contributed by atoms with van der Waals surface area (Å²) < 4.78 is 0. The van der Waals surface area contributed by atoms with Gasteiger partial charge in [0.15, 0.2) is 0 Å². The second kappa shape index (κ2) is 7.44. The molecule has 0 radical (unpaired) electrons. The van der Waals surface area contributed by atoms with E-state index in [1.54, 1.807) is 0 Å². The summed E-state index contributed by atoms with van der Waals surface area (Å²) in [6.45, 7) is 6.60. The molecule has 0 aliphatic rings. The molecular weight excluding hydrogens is 252 g/mol. The number of aliphatic carboxylic acids is 1. The van der Waals surface area contributed by atoms with Gasteiger partial charge in [-0.2, -0.15) is 0 Å². The molecule has 0 aromatic heterocycles. The first-order chi connectivity index (χ1) is 9.36. The van der Waals surface area contributed by atoms with Crippen molar-refractivity contribution in [2.45, 2.75) is 64.4 Å². The van der Waals surface area contributed by atoms with E-state index in [4.69, 9.17) is 5.11 Å². The van der Waals surface area contributed by atoms with Gasteiger partial charge in [0.25, 0.3) is 0 Å². The molecule has 0 fully saturated rings. The van der Waals surface area contributed by atoms with Crippen molar-refractivity contribution in [2.24, 2.45) is 0 Å². The molecule has 0 heterocycles. The lowest BCUT2D eigenvalue weighted by Crippen LogP contribution is -2.15. The van der Waals surface area contributed by atoms with Gasteiger partial charge in [-0.05, 0) is 42.2 Å². The van der Waals surface area contributed by atoms with Crippen molar-refractivity contribution in [3.8, 4) is 0 Å². The second-order valence-electron chi connectivity index (χ2n) is 6.01. The fourth-order valence-electron chi connectivity index (χ4n) is 2.14. The van der Waals surface area contributed by atoms with E-state index < -0.39 is 12.1 Å². The molecular formula is C17H26O3. The number of hydrogen-bond donors (Lipinski definition) is 2. The summed E-state index contributed by atoms with van der Waals surface area (Å²) >= 11 is 0. The average molecular weight is 278 g/mol. The number of unbranched alkanes of at least 4 members (excludes halogenated alkanes) is 1. The van der Waals surface area contributed by atoms with E-state index in [1.807, 2.05) is 12.1 Å². The van der Waals surface area contributed by atoms with Crippen molar-refractivity contribution in [3.05, 3.63) is 35.4 Å². The van der Waals surface area contributed by atoms with Gasteiger partial charge in [0.05, 0.1) is 6.10 Å². The van der Waals surface area contributed by atoms with Gasteiger partial charge in [0.2, 0.25) is 0 Å². The summed E-state index contributed by atoms with van der Waals surface area (Å²) in [6, 6.07) is 8.13. The molecule has 0 saturated carbocycles. The van der Waals surface area contributed by atoms with Crippen LogP contribution in [0.25, 0.3) is 0 Å². The van der Waals surface area contributed by atoms with Crippen LogP contribution in [0.2, 0.25) is 0 Å². The smallest absolute Gasteiger partial charge is 0.303 e. The number of hydrogen-bond acceptors (Lipinski definition) is 2. The molecule has 1 aromatic rings. The third kappa shape index (κ3) is 4.97. The Labute approximate surface area is 121 Å².